The Labute approximate surface area is 107 Å². The van der Waals surface area contributed by atoms with E-state index in [9.17, 15) is 0 Å². The average molecular weight is 239 g/mol. The van der Waals surface area contributed by atoms with Crippen LogP contribution in [0.15, 0.2) is 24.3 Å². The second-order valence-electron chi connectivity index (χ2n) is 5.03. The van der Waals surface area contributed by atoms with Gasteiger partial charge in [-0.3, -0.25) is 0 Å². The van der Waals surface area contributed by atoms with Gasteiger partial charge in [0.1, 0.15) is 0 Å². The van der Waals surface area contributed by atoms with Gasteiger partial charge in [0.05, 0.1) is 0 Å². The Morgan fingerprint density at radius 1 is 0.833 bits per heavy atom. The summed E-state index contributed by atoms with van der Waals surface area (Å²) in [7, 11) is 0. The molecule has 2 aromatic carbocycles. The lowest BCUT2D eigenvalue weighted by Crippen LogP contribution is -2.09. The van der Waals surface area contributed by atoms with Crippen molar-refractivity contribution < 1.29 is 0 Å². The van der Waals surface area contributed by atoms with Gasteiger partial charge in [-0.2, -0.15) is 0 Å². The minimum Gasteiger partial charge on any atom is -0.399 e. The lowest BCUT2D eigenvalue weighted by molar-refractivity contribution is 1.15. The topological polar surface area (TPSA) is 64.1 Å². The lowest BCUT2D eigenvalue weighted by atomic mass is 9.94. The zero-order valence-corrected chi connectivity index (χ0v) is 10.7. The fraction of sp³-hybridized carbons (Fsp3) is 0.200. The first-order valence-corrected chi connectivity index (χ1v) is 6.09. The predicted molar refractivity (Wildman–Crippen MR) is 77.3 cm³/mol. The van der Waals surface area contributed by atoms with Crippen molar-refractivity contribution in [3.8, 4) is 0 Å². The Morgan fingerprint density at radius 2 is 1.28 bits per heavy atom. The van der Waals surface area contributed by atoms with Crippen LogP contribution in [-0.4, -0.2) is 0 Å². The number of nitrogen functional groups attached to an aromatic ring is 2. The molecule has 1 heterocycles. The van der Waals surface area contributed by atoms with Gasteiger partial charge in [-0.15, -0.1) is 0 Å². The number of nitrogens with two attached hydrogens (primary N) is 2. The SMILES string of the molecule is Cc1cc2c(cc1N)Cc1cc(N)c(C)cc1N2. The van der Waals surface area contributed by atoms with Gasteiger partial charge in [0.2, 0.25) is 0 Å². The second kappa shape index (κ2) is 3.67. The highest BCUT2D eigenvalue weighted by molar-refractivity contribution is 5.77. The standard InChI is InChI=1S/C15H17N3/c1-8-3-14-10(6-12(8)16)5-11-7-13(17)9(2)4-15(11)18-14/h3-4,6-7,18H,5,16-17H2,1-2H3. The van der Waals surface area contributed by atoms with Gasteiger partial charge in [0.15, 0.2) is 0 Å². The van der Waals surface area contributed by atoms with Crippen LogP contribution in [0.2, 0.25) is 0 Å². The fourth-order valence-corrected chi connectivity index (χ4v) is 2.42. The van der Waals surface area contributed by atoms with E-state index in [4.69, 9.17) is 11.5 Å². The van der Waals surface area contributed by atoms with Crippen molar-refractivity contribution in [2.45, 2.75) is 20.3 Å². The Balaban J connectivity index is 2.12. The molecule has 0 fully saturated rings. The van der Waals surface area contributed by atoms with Crippen molar-refractivity contribution in [1.29, 1.82) is 0 Å². The summed E-state index contributed by atoms with van der Waals surface area (Å²) in [4.78, 5) is 0. The molecule has 2 aromatic rings. The number of hydrogen-bond acceptors (Lipinski definition) is 3. The van der Waals surface area contributed by atoms with E-state index >= 15 is 0 Å². The number of benzene rings is 2. The van der Waals surface area contributed by atoms with E-state index in [0.717, 1.165) is 40.3 Å². The monoisotopic (exact) mass is 239 g/mol. The van der Waals surface area contributed by atoms with Gasteiger partial charge < -0.3 is 16.8 Å². The van der Waals surface area contributed by atoms with Gasteiger partial charge in [-0.05, 0) is 60.4 Å². The molecule has 0 radical (unpaired) electrons. The number of hydrogen-bond donors (Lipinski definition) is 3. The van der Waals surface area contributed by atoms with Crippen LogP contribution in [-0.2, 0) is 6.42 Å². The third-order valence-electron chi connectivity index (χ3n) is 3.63. The zero-order chi connectivity index (χ0) is 12.9. The molecular weight excluding hydrogens is 222 g/mol. The molecule has 3 heteroatoms. The fourth-order valence-electron chi connectivity index (χ4n) is 2.42. The number of aryl methyl sites for hydroxylation is 2. The van der Waals surface area contributed by atoms with Gasteiger partial charge in [-0.1, -0.05) is 0 Å². The maximum atomic E-state index is 5.97. The van der Waals surface area contributed by atoms with E-state index in [2.05, 4.69) is 29.6 Å². The average Bonchev–Trinajstić information content (AvgIpc) is 2.31. The van der Waals surface area contributed by atoms with Crippen LogP contribution in [0.25, 0.3) is 0 Å². The van der Waals surface area contributed by atoms with Crippen LogP contribution in [0.1, 0.15) is 22.3 Å². The molecule has 0 atom stereocenters. The van der Waals surface area contributed by atoms with Gasteiger partial charge >= 0.3 is 0 Å². The van der Waals surface area contributed by atoms with E-state index in [-0.39, 0.29) is 0 Å². The number of rotatable bonds is 0. The van der Waals surface area contributed by atoms with E-state index < -0.39 is 0 Å². The molecule has 0 saturated heterocycles. The van der Waals surface area contributed by atoms with Crippen molar-refractivity contribution in [3.05, 3.63) is 46.5 Å². The lowest BCUT2D eigenvalue weighted by Gasteiger charge is -2.23. The largest absolute Gasteiger partial charge is 0.399 e. The molecule has 0 aliphatic carbocycles. The Kier molecular flexibility index (Phi) is 2.23. The van der Waals surface area contributed by atoms with Crippen LogP contribution < -0.4 is 16.8 Å². The van der Waals surface area contributed by atoms with Crippen molar-refractivity contribution in [1.82, 2.24) is 0 Å². The molecule has 0 aromatic heterocycles. The smallest absolute Gasteiger partial charge is 0.0424 e. The van der Waals surface area contributed by atoms with E-state index in [0.29, 0.717) is 0 Å². The Bertz CT molecular complexity index is 533. The molecule has 0 unspecified atom stereocenters. The van der Waals surface area contributed by atoms with Crippen LogP contribution in [0.3, 0.4) is 0 Å². The van der Waals surface area contributed by atoms with Crippen LogP contribution in [0.4, 0.5) is 22.7 Å². The van der Waals surface area contributed by atoms with Gasteiger partial charge in [0.25, 0.3) is 0 Å². The summed E-state index contributed by atoms with van der Waals surface area (Å²) in [6.07, 6.45) is 0.882. The molecule has 0 amide bonds. The first kappa shape index (κ1) is 11.0. The minimum atomic E-state index is 0.846. The number of nitrogens with one attached hydrogen (secondary N) is 1. The maximum Gasteiger partial charge on any atom is 0.0424 e. The van der Waals surface area contributed by atoms with Crippen molar-refractivity contribution >= 4 is 22.7 Å². The quantitative estimate of drug-likeness (QED) is 0.528. The Morgan fingerprint density at radius 3 is 1.72 bits per heavy atom. The third-order valence-corrected chi connectivity index (χ3v) is 3.63. The summed E-state index contributed by atoms with van der Waals surface area (Å²) in [6.45, 7) is 4.06. The summed E-state index contributed by atoms with van der Waals surface area (Å²) in [6, 6.07) is 8.33. The van der Waals surface area contributed by atoms with Crippen LogP contribution >= 0.6 is 0 Å². The molecule has 1 aliphatic rings. The highest BCUT2D eigenvalue weighted by atomic mass is 14.9. The zero-order valence-electron chi connectivity index (χ0n) is 10.7. The summed E-state index contributed by atoms with van der Waals surface area (Å²) < 4.78 is 0. The molecule has 92 valence electrons. The molecule has 0 bridgehead atoms. The minimum absolute atomic E-state index is 0.846. The van der Waals surface area contributed by atoms with E-state index in [1.54, 1.807) is 0 Å². The van der Waals surface area contributed by atoms with Crippen LogP contribution in [0, 0.1) is 13.8 Å². The summed E-state index contributed by atoms with van der Waals surface area (Å²) in [5, 5.41) is 3.47. The number of anilines is 4. The second-order valence-corrected chi connectivity index (χ2v) is 5.03. The normalized spacial score (nSPS) is 12.6. The summed E-state index contributed by atoms with van der Waals surface area (Å²) in [5.41, 5.74) is 20.6. The van der Waals surface area contributed by atoms with Gasteiger partial charge in [0, 0.05) is 29.2 Å². The molecule has 0 spiro atoms. The molecule has 0 saturated carbocycles. The van der Waals surface area contributed by atoms with Gasteiger partial charge in [-0.25, -0.2) is 0 Å². The molecule has 18 heavy (non-hydrogen) atoms. The van der Waals surface area contributed by atoms with E-state index in [1.165, 1.54) is 11.1 Å². The molecule has 3 rings (SSSR count). The Hall–Kier alpha value is -2.16. The third kappa shape index (κ3) is 1.59. The van der Waals surface area contributed by atoms with E-state index in [1.807, 2.05) is 13.8 Å². The van der Waals surface area contributed by atoms with Crippen molar-refractivity contribution in [2.24, 2.45) is 0 Å². The van der Waals surface area contributed by atoms with Crippen LogP contribution in [0.5, 0.6) is 0 Å². The highest BCUT2D eigenvalue weighted by Crippen LogP contribution is 2.36. The first-order chi connectivity index (χ1) is 8.54. The maximum absolute atomic E-state index is 5.97. The predicted octanol–water partition coefficient (Wildman–Crippen LogP) is 3.12. The molecule has 5 N–H and O–H groups in total. The van der Waals surface area contributed by atoms with Crippen molar-refractivity contribution in [3.63, 3.8) is 0 Å². The highest BCUT2D eigenvalue weighted by Gasteiger charge is 2.16. The molecular formula is C15H17N3. The first-order valence-electron chi connectivity index (χ1n) is 6.09. The summed E-state index contributed by atoms with van der Waals surface area (Å²) in [5.74, 6) is 0. The summed E-state index contributed by atoms with van der Waals surface area (Å²) >= 11 is 0. The number of fused-ring (bicyclic) bond motifs is 2. The molecule has 3 nitrogen and oxygen atoms in total. The molecule has 1 aliphatic heterocycles. The van der Waals surface area contributed by atoms with Crippen molar-refractivity contribution in [2.75, 3.05) is 16.8 Å².